The van der Waals surface area contributed by atoms with Crippen LogP contribution in [0.1, 0.15) is 45.4 Å². The minimum Gasteiger partial charge on any atom is -0.314 e. The van der Waals surface area contributed by atoms with Gasteiger partial charge in [-0.1, -0.05) is 6.92 Å². The van der Waals surface area contributed by atoms with E-state index >= 15 is 0 Å². The summed E-state index contributed by atoms with van der Waals surface area (Å²) in [4.78, 5) is 5.17. The van der Waals surface area contributed by atoms with E-state index in [9.17, 15) is 0 Å². The smallest absolute Gasteiger partial charge is 0.0119 e. The number of likely N-dealkylation sites (tertiary alicyclic amines) is 1. The monoisotopic (exact) mass is 253 g/mol. The highest BCUT2D eigenvalue weighted by Crippen LogP contribution is 2.26. The van der Waals surface area contributed by atoms with Gasteiger partial charge in [0.15, 0.2) is 0 Å². The molecule has 0 bridgehead atoms. The molecule has 3 nitrogen and oxygen atoms in total. The first-order valence-electron chi connectivity index (χ1n) is 7.84. The number of rotatable bonds is 4. The Hall–Kier alpha value is -0.120. The Kier molecular flexibility index (Phi) is 5.46. The standard InChI is InChI=1S/C15H31N3/c1-4-16-13-5-7-14(8-6-13)18(3)15-9-11-17(2)12-10-15/h13-16H,4-12H2,1-3H3. The molecule has 2 fully saturated rings. The first kappa shape index (κ1) is 14.3. The summed E-state index contributed by atoms with van der Waals surface area (Å²) in [5, 5.41) is 3.60. The number of hydrogen-bond acceptors (Lipinski definition) is 3. The van der Waals surface area contributed by atoms with Gasteiger partial charge in [0.25, 0.3) is 0 Å². The van der Waals surface area contributed by atoms with Gasteiger partial charge < -0.3 is 15.1 Å². The van der Waals surface area contributed by atoms with E-state index in [4.69, 9.17) is 0 Å². The Morgan fingerprint density at radius 3 is 2.11 bits per heavy atom. The molecule has 0 amide bonds. The van der Waals surface area contributed by atoms with Crippen molar-refractivity contribution in [2.45, 2.75) is 63.6 Å². The van der Waals surface area contributed by atoms with Gasteiger partial charge in [0.2, 0.25) is 0 Å². The van der Waals surface area contributed by atoms with Crippen LogP contribution in [0, 0.1) is 0 Å². The molecule has 18 heavy (non-hydrogen) atoms. The van der Waals surface area contributed by atoms with Crippen molar-refractivity contribution < 1.29 is 0 Å². The van der Waals surface area contributed by atoms with E-state index < -0.39 is 0 Å². The second-order valence-electron chi connectivity index (χ2n) is 6.26. The molecule has 0 radical (unpaired) electrons. The lowest BCUT2D eigenvalue weighted by atomic mass is 9.88. The lowest BCUT2D eigenvalue weighted by Gasteiger charge is -2.42. The van der Waals surface area contributed by atoms with Crippen LogP contribution in [0.2, 0.25) is 0 Å². The third-order valence-corrected chi connectivity index (χ3v) is 5.03. The zero-order valence-corrected chi connectivity index (χ0v) is 12.5. The zero-order chi connectivity index (χ0) is 13.0. The lowest BCUT2D eigenvalue weighted by Crippen LogP contribution is -2.48. The molecule has 0 unspecified atom stereocenters. The summed E-state index contributed by atoms with van der Waals surface area (Å²) in [5.74, 6) is 0. The summed E-state index contributed by atoms with van der Waals surface area (Å²) in [5.41, 5.74) is 0. The van der Waals surface area contributed by atoms with E-state index in [0.29, 0.717) is 0 Å². The summed E-state index contributed by atoms with van der Waals surface area (Å²) in [6.45, 7) is 5.90. The van der Waals surface area contributed by atoms with E-state index in [0.717, 1.165) is 24.7 Å². The average Bonchev–Trinajstić information content (AvgIpc) is 2.40. The van der Waals surface area contributed by atoms with Crippen LogP contribution in [0.15, 0.2) is 0 Å². The van der Waals surface area contributed by atoms with Crippen LogP contribution in [-0.4, -0.2) is 61.7 Å². The van der Waals surface area contributed by atoms with E-state index in [2.05, 4.69) is 36.1 Å². The molecule has 2 rings (SSSR count). The second-order valence-corrected chi connectivity index (χ2v) is 6.26. The zero-order valence-electron chi connectivity index (χ0n) is 12.5. The van der Waals surface area contributed by atoms with E-state index in [1.54, 1.807) is 0 Å². The fraction of sp³-hybridized carbons (Fsp3) is 1.00. The van der Waals surface area contributed by atoms with Crippen molar-refractivity contribution in [2.75, 3.05) is 33.7 Å². The van der Waals surface area contributed by atoms with Crippen LogP contribution < -0.4 is 5.32 Å². The van der Waals surface area contributed by atoms with Gasteiger partial charge in [0, 0.05) is 18.1 Å². The second kappa shape index (κ2) is 6.88. The van der Waals surface area contributed by atoms with E-state index in [-0.39, 0.29) is 0 Å². The van der Waals surface area contributed by atoms with Gasteiger partial charge in [-0.25, -0.2) is 0 Å². The van der Waals surface area contributed by atoms with Crippen LogP contribution in [0.3, 0.4) is 0 Å². The molecule has 106 valence electrons. The largest absolute Gasteiger partial charge is 0.314 e. The highest BCUT2D eigenvalue weighted by molar-refractivity contribution is 4.86. The van der Waals surface area contributed by atoms with Crippen molar-refractivity contribution in [2.24, 2.45) is 0 Å². The maximum atomic E-state index is 3.60. The van der Waals surface area contributed by atoms with Crippen molar-refractivity contribution in [1.29, 1.82) is 0 Å². The summed E-state index contributed by atoms with van der Waals surface area (Å²) < 4.78 is 0. The van der Waals surface area contributed by atoms with Gasteiger partial charge in [-0.05, 0) is 72.3 Å². The van der Waals surface area contributed by atoms with E-state index in [1.807, 2.05) is 0 Å². The van der Waals surface area contributed by atoms with Gasteiger partial charge in [0.1, 0.15) is 0 Å². The topological polar surface area (TPSA) is 18.5 Å². The fourth-order valence-corrected chi connectivity index (χ4v) is 3.68. The molecule has 0 spiro atoms. The highest BCUT2D eigenvalue weighted by atomic mass is 15.2. The third kappa shape index (κ3) is 3.69. The molecule has 1 heterocycles. The Morgan fingerprint density at radius 2 is 1.56 bits per heavy atom. The Morgan fingerprint density at radius 1 is 1.00 bits per heavy atom. The summed E-state index contributed by atoms with van der Waals surface area (Å²) >= 11 is 0. The van der Waals surface area contributed by atoms with Crippen LogP contribution in [0.5, 0.6) is 0 Å². The molecule has 0 aromatic heterocycles. The summed E-state index contributed by atoms with van der Waals surface area (Å²) in [6, 6.07) is 2.47. The minimum absolute atomic E-state index is 0.789. The maximum Gasteiger partial charge on any atom is 0.0119 e. The van der Waals surface area contributed by atoms with Gasteiger partial charge in [0.05, 0.1) is 0 Å². The summed E-state index contributed by atoms with van der Waals surface area (Å²) in [7, 11) is 4.62. The minimum atomic E-state index is 0.789. The van der Waals surface area contributed by atoms with Crippen molar-refractivity contribution in [3.8, 4) is 0 Å². The Labute approximate surface area is 113 Å². The van der Waals surface area contributed by atoms with Crippen molar-refractivity contribution in [3.05, 3.63) is 0 Å². The molecule has 0 aromatic carbocycles. The Bertz CT molecular complexity index is 228. The molecule has 1 saturated carbocycles. The third-order valence-electron chi connectivity index (χ3n) is 5.03. The number of nitrogens with zero attached hydrogens (tertiary/aromatic N) is 2. The number of hydrogen-bond donors (Lipinski definition) is 1. The SMILES string of the molecule is CCNC1CCC(N(C)C2CCN(C)CC2)CC1. The predicted molar refractivity (Wildman–Crippen MR) is 78.0 cm³/mol. The first-order chi connectivity index (χ1) is 8.70. The molecular weight excluding hydrogens is 222 g/mol. The van der Waals surface area contributed by atoms with Gasteiger partial charge >= 0.3 is 0 Å². The molecule has 0 atom stereocenters. The molecule has 1 aliphatic carbocycles. The summed E-state index contributed by atoms with van der Waals surface area (Å²) in [6.07, 6.45) is 8.24. The van der Waals surface area contributed by atoms with Crippen LogP contribution in [0.4, 0.5) is 0 Å². The van der Waals surface area contributed by atoms with Gasteiger partial charge in [-0.3, -0.25) is 0 Å². The van der Waals surface area contributed by atoms with Gasteiger partial charge in [-0.15, -0.1) is 0 Å². The van der Waals surface area contributed by atoms with E-state index in [1.165, 1.54) is 51.6 Å². The van der Waals surface area contributed by atoms with Crippen molar-refractivity contribution >= 4 is 0 Å². The van der Waals surface area contributed by atoms with Crippen LogP contribution >= 0.6 is 0 Å². The molecule has 1 aliphatic heterocycles. The molecule has 1 saturated heterocycles. The predicted octanol–water partition coefficient (Wildman–Crippen LogP) is 1.93. The van der Waals surface area contributed by atoms with Crippen LogP contribution in [0.25, 0.3) is 0 Å². The molecular formula is C15H31N3. The average molecular weight is 253 g/mol. The quantitative estimate of drug-likeness (QED) is 0.826. The number of piperidine rings is 1. The van der Waals surface area contributed by atoms with Gasteiger partial charge in [-0.2, -0.15) is 0 Å². The lowest BCUT2D eigenvalue weighted by molar-refractivity contribution is 0.0830. The number of nitrogens with one attached hydrogen (secondary N) is 1. The van der Waals surface area contributed by atoms with Crippen molar-refractivity contribution in [1.82, 2.24) is 15.1 Å². The maximum absolute atomic E-state index is 3.60. The molecule has 2 aliphatic rings. The Balaban J connectivity index is 1.75. The first-order valence-corrected chi connectivity index (χ1v) is 7.84. The molecule has 0 aromatic rings. The fourth-order valence-electron chi connectivity index (χ4n) is 3.68. The van der Waals surface area contributed by atoms with Crippen molar-refractivity contribution in [3.63, 3.8) is 0 Å². The highest BCUT2D eigenvalue weighted by Gasteiger charge is 2.29. The molecule has 1 N–H and O–H groups in total. The normalized spacial score (nSPS) is 32.0. The van der Waals surface area contributed by atoms with Crippen LogP contribution in [-0.2, 0) is 0 Å². The molecule has 3 heteroatoms.